The lowest BCUT2D eigenvalue weighted by molar-refractivity contribution is -0.153. The average molecular weight is 263 g/mol. The van der Waals surface area contributed by atoms with E-state index >= 15 is 0 Å². The minimum absolute atomic E-state index is 0.223. The molecular formula is C15H21NO3. The molecule has 0 N–H and O–H groups in total. The van der Waals surface area contributed by atoms with Crippen LogP contribution >= 0.6 is 0 Å². The van der Waals surface area contributed by atoms with Crippen molar-refractivity contribution in [3.05, 3.63) is 29.8 Å². The number of ketones is 1. The van der Waals surface area contributed by atoms with Crippen LogP contribution in [0.4, 0.5) is 5.69 Å². The molecule has 0 radical (unpaired) electrons. The first kappa shape index (κ1) is 15.2. The Morgan fingerprint density at radius 3 is 2.05 bits per heavy atom. The highest BCUT2D eigenvalue weighted by Crippen LogP contribution is 2.15. The summed E-state index contributed by atoms with van der Waals surface area (Å²) in [5, 5.41) is 0. The van der Waals surface area contributed by atoms with Crippen LogP contribution < -0.4 is 4.90 Å². The first-order chi connectivity index (χ1) is 8.69. The third-order valence-electron chi connectivity index (χ3n) is 2.43. The highest BCUT2D eigenvalue weighted by atomic mass is 16.6. The molecule has 0 spiro atoms. The van der Waals surface area contributed by atoms with Gasteiger partial charge in [0.25, 0.3) is 0 Å². The lowest BCUT2D eigenvalue weighted by Gasteiger charge is -2.19. The van der Waals surface area contributed by atoms with Crippen LogP contribution in [-0.2, 0) is 9.53 Å². The second-order valence-corrected chi connectivity index (χ2v) is 5.63. The third-order valence-corrected chi connectivity index (χ3v) is 2.43. The Bertz CT molecular complexity index is 455. The van der Waals surface area contributed by atoms with E-state index in [1.54, 1.807) is 32.9 Å². The molecule has 0 unspecified atom stereocenters. The van der Waals surface area contributed by atoms with Crippen LogP contribution in [0.1, 0.15) is 37.6 Å². The highest BCUT2D eigenvalue weighted by molar-refractivity contribution is 6.06. The summed E-state index contributed by atoms with van der Waals surface area (Å²) in [6.07, 6.45) is -0.224. The molecule has 4 nitrogen and oxygen atoms in total. The Hall–Kier alpha value is -1.84. The average Bonchev–Trinajstić information content (AvgIpc) is 2.26. The molecule has 0 amide bonds. The molecule has 0 bridgehead atoms. The molecular weight excluding hydrogens is 242 g/mol. The van der Waals surface area contributed by atoms with Crippen LogP contribution in [0.2, 0.25) is 0 Å². The zero-order chi connectivity index (χ0) is 14.6. The summed E-state index contributed by atoms with van der Waals surface area (Å²) in [6.45, 7) is 5.34. The van der Waals surface area contributed by atoms with E-state index in [9.17, 15) is 9.59 Å². The van der Waals surface area contributed by atoms with Crippen molar-refractivity contribution in [3.8, 4) is 0 Å². The molecule has 19 heavy (non-hydrogen) atoms. The van der Waals surface area contributed by atoms with Crippen molar-refractivity contribution >= 4 is 17.4 Å². The van der Waals surface area contributed by atoms with Crippen molar-refractivity contribution in [1.29, 1.82) is 0 Å². The maximum Gasteiger partial charge on any atom is 0.314 e. The number of rotatable bonds is 4. The predicted molar refractivity (Wildman–Crippen MR) is 75.6 cm³/mol. The van der Waals surface area contributed by atoms with E-state index in [-0.39, 0.29) is 12.2 Å². The second kappa shape index (κ2) is 5.87. The Kier molecular flexibility index (Phi) is 4.70. The molecule has 0 fully saturated rings. The van der Waals surface area contributed by atoms with Gasteiger partial charge in [0, 0.05) is 25.3 Å². The number of Topliss-reactive ketones (excluding diaryl/α,β-unsaturated/α-hetero) is 1. The number of hydrogen-bond acceptors (Lipinski definition) is 4. The number of carbonyl (C=O) groups excluding carboxylic acids is 2. The molecule has 0 saturated heterocycles. The molecule has 104 valence electrons. The number of esters is 1. The molecule has 4 heteroatoms. The van der Waals surface area contributed by atoms with Gasteiger partial charge in [-0.25, -0.2) is 0 Å². The molecule has 0 aromatic heterocycles. The Labute approximate surface area is 114 Å². The molecule has 1 aromatic rings. The van der Waals surface area contributed by atoms with Crippen LogP contribution in [0.15, 0.2) is 24.3 Å². The number of nitrogens with zero attached hydrogens (tertiary/aromatic N) is 1. The van der Waals surface area contributed by atoms with Gasteiger partial charge in [0.05, 0.1) is 0 Å². The van der Waals surface area contributed by atoms with Crippen molar-refractivity contribution in [2.45, 2.75) is 32.8 Å². The van der Waals surface area contributed by atoms with Gasteiger partial charge in [-0.1, -0.05) is 0 Å². The van der Waals surface area contributed by atoms with Gasteiger partial charge in [-0.2, -0.15) is 0 Å². The van der Waals surface area contributed by atoms with Crippen LogP contribution in [0, 0.1) is 0 Å². The number of benzene rings is 1. The second-order valence-electron chi connectivity index (χ2n) is 5.63. The Morgan fingerprint density at radius 2 is 1.63 bits per heavy atom. The summed E-state index contributed by atoms with van der Waals surface area (Å²) < 4.78 is 5.12. The molecule has 0 saturated carbocycles. The monoisotopic (exact) mass is 263 g/mol. The number of carbonyl (C=O) groups is 2. The first-order valence-electron chi connectivity index (χ1n) is 6.21. The van der Waals surface area contributed by atoms with Crippen molar-refractivity contribution in [2.24, 2.45) is 0 Å². The number of anilines is 1. The van der Waals surface area contributed by atoms with Gasteiger partial charge >= 0.3 is 5.97 Å². The van der Waals surface area contributed by atoms with E-state index in [0.29, 0.717) is 5.56 Å². The SMILES string of the molecule is CN(C)c1ccc(C(=O)CC(=O)OC(C)(C)C)cc1. The molecule has 1 rings (SSSR count). The van der Waals surface area contributed by atoms with Gasteiger partial charge in [-0.05, 0) is 45.0 Å². The highest BCUT2D eigenvalue weighted by Gasteiger charge is 2.19. The summed E-state index contributed by atoms with van der Waals surface area (Å²) >= 11 is 0. The maximum absolute atomic E-state index is 11.9. The number of ether oxygens (including phenoxy) is 1. The molecule has 0 aliphatic carbocycles. The van der Waals surface area contributed by atoms with E-state index in [1.165, 1.54) is 0 Å². The van der Waals surface area contributed by atoms with Crippen LogP contribution in [0.3, 0.4) is 0 Å². The summed E-state index contributed by atoms with van der Waals surface area (Å²) in [4.78, 5) is 25.4. The van der Waals surface area contributed by atoms with Crippen molar-refractivity contribution in [1.82, 2.24) is 0 Å². The van der Waals surface area contributed by atoms with E-state index in [2.05, 4.69) is 0 Å². The fraction of sp³-hybridized carbons (Fsp3) is 0.467. The van der Waals surface area contributed by atoms with E-state index < -0.39 is 11.6 Å². The Morgan fingerprint density at radius 1 is 1.11 bits per heavy atom. The van der Waals surface area contributed by atoms with Gasteiger partial charge in [0.1, 0.15) is 12.0 Å². The maximum atomic E-state index is 11.9. The lowest BCUT2D eigenvalue weighted by Crippen LogP contribution is -2.25. The zero-order valence-electron chi connectivity index (χ0n) is 12.2. The van der Waals surface area contributed by atoms with Crippen molar-refractivity contribution in [2.75, 3.05) is 19.0 Å². The number of hydrogen-bond donors (Lipinski definition) is 0. The van der Waals surface area contributed by atoms with Gasteiger partial charge in [0.15, 0.2) is 5.78 Å². The zero-order valence-corrected chi connectivity index (χ0v) is 12.2. The molecule has 1 aromatic carbocycles. The van der Waals surface area contributed by atoms with Crippen LogP contribution in [-0.4, -0.2) is 31.4 Å². The minimum atomic E-state index is -0.563. The topological polar surface area (TPSA) is 46.6 Å². The summed E-state index contributed by atoms with van der Waals surface area (Å²) in [7, 11) is 3.86. The van der Waals surface area contributed by atoms with E-state index in [0.717, 1.165) is 5.69 Å². The summed E-state index contributed by atoms with van der Waals surface area (Å²) in [5.41, 5.74) is 0.969. The molecule has 0 aliphatic heterocycles. The normalized spacial score (nSPS) is 11.0. The standard InChI is InChI=1S/C15H21NO3/c1-15(2,3)19-14(18)10-13(17)11-6-8-12(9-7-11)16(4)5/h6-9H,10H2,1-5H3. The lowest BCUT2D eigenvalue weighted by atomic mass is 10.1. The molecule has 0 heterocycles. The van der Waals surface area contributed by atoms with Gasteiger partial charge in [-0.15, -0.1) is 0 Å². The predicted octanol–water partition coefficient (Wildman–Crippen LogP) is 2.67. The minimum Gasteiger partial charge on any atom is -0.460 e. The fourth-order valence-electron chi connectivity index (χ4n) is 1.56. The van der Waals surface area contributed by atoms with E-state index in [4.69, 9.17) is 4.74 Å². The van der Waals surface area contributed by atoms with Gasteiger partial charge in [-0.3, -0.25) is 9.59 Å². The Balaban J connectivity index is 2.66. The van der Waals surface area contributed by atoms with Crippen LogP contribution in [0.5, 0.6) is 0 Å². The molecule has 0 atom stereocenters. The van der Waals surface area contributed by atoms with Crippen molar-refractivity contribution in [3.63, 3.8) is 0 Å². The molecule has 0 aliphatic rings. The van der Waals surface area contributed by atoms with Crippen LogP contribution in [0.25, 0.3) is 0 Å². The third kappa shape index (κ3) is 5.12. The largest absolute Gasteiger partial charge is 0.460 e. The summed E-state index contributed by atoms with van der Waals surface area (Å²) in [5.74, 6) is -0.714. The van der Waals surface area contributed by atoms with E-state index in [1.807, 2.05) is 31.1 Å². The smallest absolute Gasteiger partial charge is 0.314 e. The van der Waals surface area contributed by atoms with Gasteiger partial charge in [0.2, 0.25) is 0 Å². The van der Waals surface area contributed by atoms with Gasteiger partial charge < -0.3 is 9.64 Å². The van der Waals surface area contributed by atoms with Crippen molar-refractivity contribution < 1.29 is 14.3 Å². The summed E-state index contributed by atoms with van der Waals surface area (Å²) in [6, 6.07) is 7.15. The quantitative estimate of drug-likeness (QED) is 0.476. The fourth-order valence-corrected chi connectivity index (χ4v) is 1.56. The first-order valence-corrected chi connectivity index (χ1v) is 6.21.